The van der Waals surface area contributed by atoms with Crippen molar-refractivity contribution in [1.82, 2.24) is 5.32 Å². The number of amides is 1. The molecule has 0 atom stereocenters. The molecule has 0 unspecified atom stereocenters. The highest BCUT2D eigenvalue weighted by Crippen LogP contribution is 2.00. The molecular weight excluding hydrogens is 248 g/mol. The summed E-state index contributed by atoms with van der Waals surface area (Å²) in [6, 6.07) is 9.33. The van der Waals surface area contributed by atoms with E-state index in [1.807, 2.05) is 30.3 Å². The molecule has 6 heteroatoms. The van der Waals surface area contributed by atoms with Crippen LogP contribution < -0.4 is 5.32 Å². The molecule has 1 rings (SSSR count). The second-order valence-electron chi connectivity index (χ2n) is 4.08. The van der Waals surface area contributed by atoms with Gasteiger partial charge in [0.2, 0.25) is 5.90 Å². The van der Waals surface area contributed by atoms with Crippen LogP contribution in [0.1, 0.15) is 19.4 Å². The first-order chi connectivity index (χ1) is 9.11. The number of hydrogen-bond donors (Lipinski definition) is 2. The summed E-state index contributed by atoms with van der Waals surface area (Å²) >= 11 is 0. The number of nitrogens with zero attached hydrogens (tertiary/aromatic N) is 1. The van der Waals surface area contributed by atoms with E-state index in [-0.39, 0.29) is 25.2 Å². The van der Waals surface area contributed by atoms with Gasteiger partial charge in [0, 0.05) is 0 Å². The fourth-order valence-electron chi connectivity index (χ4n) is 1.29. The molecule has 0 bridgehead atoms. The first-order valence-corrected chi connectivity index (χ1v) is 5.94. The Hall–Kier alpha value is -2.24. The van der Waals surface area contributed by atoms with Crippen molar-refractivity contribution in [2.45, 2.75) is 26.6 Å². The summed E-state index contributed by atoms with van der Waals surface area (Å²) in [4.78, 5) is 11.4. The highest BCUT2D eigenvalue weighted by atomic mass is 16.6. The number of nitrogens with one attached hydrogen (secondary N) is 1. The minimum absolute atomic E-state index is 0.0255. The maximum Gasteiger partial charge on any atom is 0.407 e. The van der Waals surface area contributed by atoms with Crippen molar-refractivity contribution in [3.63, 3.8) is 0 Å². The summed E-state index contributed by atoms with van der Waals surface area (Å²) in [6.07, 6.45) is -0.731. The third kappa shape index (κ3) is 6.30. The number of hydrogen-bond acceptors (Lipinski definition) is 5. The van der Waals surface area contributed by atoms with Gasteiger partial charge >= 0.3 is 6.09 Å². The molecule has 2 N–H and O–H groups in total. The molecule has 0 heterocycles. The molecule has 1 amide bonds. The van der Waals surface area contributed by atoms with E-state index < -0.39 is 6.09 Å². The van der Waals surface area contributed by atoms with Gasteiger partial charge < -0.3 is 20.0 Å². The van der Waals surface area contributed by atoms with Gasteiger partial charge in [-0.25, -0.2) is 4.79 Å². The molecule has 0 fully saturated rings. The number of rotatable bonds is 5. The van der Waals surface area contributed by atoms with Crippen LogP contribution >= 0.6 is 0 Å². The van der Waals surface area contributed by atoms with Crippen molar-refractivity contribution in [2.75, 3.05) is 6.54 Å². The van der Waals surface area contributed by atoms with Gasteiger partial charge in [0.25, 0.3) is 0 Å². The third-order valence-corrected chi connectivity index (χ3v) is 2.08. The summed E-state index contributed by atoms with van der Waals surface area (Å²) in [5.41, 5.74) is 0.895. The van der Waals surface area contributed by atoms with Crippen LogP contribution in [0.4, 0.5) is 4.79 Å². The summed E-state index contributed by atoms with van der Waals surface area (Å²) < 4.78 is 10.1. The van der Waals surface area contributed by atoms with E-state index in [0.29, 0.717) is 0 Å². The van der Waals surface area contributed by atoms with E-state index in [1.165, 1.54) is 0 Å². The minimum atomic E-state index is -0.600. The van der Waals surface area contributed by atoms with Gasteiger partial charge in [-0.1, -0.05) is 35.5 Å². The summed E-state index contributed by atoms with van der Waals surface area (Å²) in [7, 11) is 0. The number of carbonyl (C=O) groups is 1. The Kier molecular flexibility index (Phi) is 6.21. The maximum atomic E-state index is 11.4. The predicted molar refractivity (Wildman–Crippen MR) is 70.1 cm³/mol. The number of carbonyl (C=O) groups excluding carboxylic acids is 1. The highest BCUT2D eigenvalue weighted by Gasteiger charge is 2.08. The second-order valence-corrected chi connectivity index (χ2v) is 4.08. The minimum Gasteiger partial charge on any atom is -0.475 e. The molecule has 0 saturated heterocycles. The molecule has 0 aromatic heterocycles. The van der Waals surface area contributed by atoms with Gasteiger partial charge in [-0.2, -0.15) is 0 Å². The van der Waals surface area contributed by atoms with Gasteiger partial charge in [-0.3, -0.25) is 0 Å². The number of ether oxygens (including phenoxy) is 2. The smallest absolute Gasteiger partial charge is 0.407 e. The molecule has 0 radical (unpaired) electrons. The Morgan fingerprint density at radius 1 is 1.37 bits per heavy atom. The van der Waals surface area contributed by atoms with Crippen LogP contribution in [0.5, 0.6) is 0 Å². The Bertz CT molecular complexity index is 418. The third-order valence-electron chi connectivity index (χ3n) is 2.08. The van der Waals surface area contributed by atoms with Crippen molar-refractivity contribution in [2.24, 2.45) is 5.16 Å². The lowest BCUT2D eigenvalue weighted by Crippen LogP contribution is -2.32. The summed E-state index contributed by atoms with van der Waals surface area (Å²) in [6.45, 7) is 3.74. The van der Waals surface area contributed by atoms with Crippen molar-refractivity contribution < 1.29 is 19.5 Å². The fourth-order valence-corrected chi connectivity index (χ4v) is 1.29. The van der Waals surface area contributed by atoms with E-state index >= 15 is 0 Å². The molecule has 0 aliphatic heterocycles. The van der Waals surface area contributed by atoms with Crippen LogP contribution in [0.3, 0.4) is 0 Å². The van der Waals surface area contributed by atoms with E-state index in [9.17, 15) is 4.79 Å². The van der Waals surface area contributed by atoms with Crippen LogP contribution in [0, 0.1) is 0 Å². The van der Waals surface area contributed by atoms with Crippen molar-refractivity contribution in [1.29, 1.82) is 0 Å². The number of benzene rings is 1. The monoisotopic (exact) mass is 266 g/mol. The highest BCUT2D eigenvalue weighted by molar-refractivity contribution is 5.81. The number of alkyl carbamates (subject to hydrolysis) is 1. The molecule has 19 heavy (non-hydrogen) atoms. The lowest BCUT2D eigenvalue weighted by atomic mass is 10.2. The molecule has 0 aliphatic carbocycles. The van der Waals surface area contributed by atoms with Crippen molar-refractivity contribution in [3.8, 4) is 0 Å². The Morgan fingerprint density at radius 2 is 2.05 bits per heavy atom. The van der Waals surface area contributed by atoms with Gasteiger partial charge in [-0.05, 0) is 19.4 Å². The van der Waals surface area contributed by atoms with Crippen LogP contribution in [0.25, 0.3) is 0 Å². The molecule has 6 nitrogen and oxygen atoms in total. The number of oxime groups is 1. The van der Waals surface area contributed by atoms with Crippen molar-refractivity contribution >= 4 is 12.0 Å². The van der Waals surface area contributed by atoms with E-state index in [2.05, 4.69) is 10.5 Å². The van der Waals surface area contributed by atoms with Crippen LogP contribution in [-0.2, 0) is 16.1 Å². The predicted octanol–water partition coefficient (Wildman–Crippen LogP) is 2.13. The summed E-state index contributed by atoms with van der Waals surface area (Å²) in [5, 5.41) is 14.0. The molecule has 104 valence electrons. The van der Waals surface area contributed by atoms with E-state index in [1.54, 1.807) is 13.8 Å². The van der Waals surface area contributed by atoms with Crippen molar-refractivity contribution in [3.05, 3.63) is 35.9 Å². The first-order valence-electron chi connectivity index (χ1n) is 5.94. The zero-order valence-corrected chi connectivity index (χ0v) is 11.0. The molecule has 0 aliphatic rings. The van der Waals surface area contributed by atoms with Crippen LogP contribution in [-0.4, -0.2) is 29.8 Å². The molecule has 1 aromatic carbocycles. The van der Waals surface area contributed by atoms with E-state index in [0.717, 1.165) is 5.56 Å². The van der Waals surface area contributed by atoms with E-state index in [4.69, 9.17) is 14.7 Å². The van der Waals surface area contributed by atoms with Crippen LogP contribution in [0.2, 0.25) is 0 Å². The molecule has 0 spiro atoms. The SMILES string of the molecule is CC(C)O/C(CNC(=O)OCc1ccccc1)=N/O. The average molecular weight is 266 g/mol. The topological polar surface area (TPSA) is 80.2 Å². The molecule has 0 saturated carbocycles. The van der Waals surface area contributed by atoms with Gasteiger partial charge in [0.15, 0.2) is 0 Å². The normalized spacial score (nSPS) is 11.2. The summed E-state index contributed by atoms with van der Waals surface area (Å²) in [5.74, 6) is 0.0339. The van der Waals surface area contributed by atoms with Gasteiger partial charge in [0.1, 0.15) is 13.2 Å². The second kappa shape index (κ2) is 7.97. The maximum absolute atomic E-state index is 11.4. The standard InChI is InChI=1S/C13H18N2O4/c1-10(2)19-12(15-17)8-14-13(16)18-9-11-6-4-3-5-7-11/h3-7,10,17H,8-9H2,1-2H3,(H,14,16)/b15-12+. The zero-order chi connectivity index (χ0) is 14.1. The first kappa shape index (κ1) is 14.8. The Balaban J connectivity index is 2.28. The van der Waals surface area contributed by atoms with Gasteiger partial charge in [-0.15, -0.1) is 0 Å². The Morgan fingerprint density at radius 3 is 2.63 bits per heavy atom. The zero-order valence-electron chi connectivity index (χ0n) is 11.0. The lowest BCUT2D eigenvalue weighted by molar-refractivity contribution is 0.139. The van der Waals surface area contributed by atoms with Gasteiger partial charge in [0.05, 0.1) is 6.10 Å². The quantitative estimate of drug-likeness (QED) is 0.370. The lowest BCUT2D eigenvalue weighted by Gasteiger charge is -2.11. The molecule has 1 aromatic rings. The molecular formula is C13H18N2O4. The fraction of sp³-hybridized carbons (Fsp3) is 0.385. The average Bonchev–Trinajstić information content (AvgIpc) is 2.42. The Labute approximate surface area is 112 Å². The largest absolute Gasteiger partial charge is 0.475 e. The van der Waals surface area contributed by atoms with Crippen LogP contribution in [0.15, 0.2) is 35.5 Å².